The molecule has 0 spiro atoms. The van der Waals surface area contributed by atoms with Crippen molar-refractivity contribution in [3.8, 4) is 17.0 Å². The molecule has 9 nitrogen and oxygen atoms in total. The Morgan fingerprint density at radius 3 is 2.81 bits per heavy atom. The Morgan fingerprint density at radius 1 is 1.28 bits per heavy atom. The van der Waals surface area contributed by atoms with E-state index in [0.717, 1.165) is 10.5 Å². The number of hydrogen-bond acceptors (Lipinski definition) is 8. The number of anilines is 3. The third-order valence-corrected chi connectivity index (χ3v) is 6.07. The SMILES string of the molecule is Cc1c(-c2cc3cc(NC(=O)OC4CN(CC(F)(F)F)C4)ncc3c(N)c2F)cnc2c1NCCO2. The number of alkyl halides is 3. The van der Waals surface area contributed by atoms with Crippen LogP contribution >= 0.6 is 0 Å². The summed E-state index contributed by atoms with van der Waals surface area (Å²) in [6, 6.07) is 3.09. The standard InChI is InChI=1S/C23H22F4N6O3/c1-11-15(6-31-21-20(11)29-2-3-35-21)14-4-12-5-17(30-7-16(12)19(28)18(14)24)32-22(34)36-13-8-33(9-13)10-23(25,26)27/h4-7,13,29H,2-3,8-10,28H2,1H3,(H,30,32,34). The number of halogens is 4. The molecule has 0 atom stereocenters. The highest BCUT2D eigenvalue weighted by Gasteiger charge is 2.38. The number of rotatable bonds is 4. The molecule has 3 aromatic rings. The van der Waals surface area contributed by atoms with Crippen LogP contribution in [0.15, 0.2) is 24.5 Å². The molecule has 4 N–H and O–H groups in total. The summed E-state index contributed by atoms with van der Waals surface area (Å²) in [5.41, 5.74) is 8.14. The van der Waals surface area contributed by atoms with Gasteiger partial charge < -0.3 is 20.5 Å². The molecule has 190 valence electrons. The van der Waals surface area contributed by atoms with E-state index in [1.54, 1.807) is 6.07 Å². The van der Waals surface area contributed by atoms with Crippen molar-refractivity contribution in [1.29, 1.82) is 0 Å². The monoisotopic (exact) mass is 506 g/mol. The molecule has 2 aliphatic heterocycles. The maximum Gasteiger partial charge on any atom is 0.413 e. The summed E-state index contributed by atoms with van der Waals surface area (Å²) >= 11 is 0. The van der Waals surface area contributed by atoms with Gasteiger partial charge in [-0.3, -0.25) is 10.2 Å². The van der Waals surface area contributed by atoms with E-state index in [0.29, 0.717) is 41.1 Å². The molecular weight excluding hydrogens is 484 g/mol. The van der Waals surface area contributed by atoms with Crippen LogP contribution in [0.25, 0.3) is 21.9 Å². The van der Waals surface area contributed by atoms with Crippen molar-refractivity contribution in [2.45, 2.75) is 19.2 Å². The number of amides is 1. The number of carbonyl (C=O) groups is 1. The molecule has 0 aliphatic carbocycles. The molecule has 13 heteroatoms. The zero-order valence-corrected chi connectivity index (χ0v) is 19.1. The number of nitrogens with one attached hydrogen (secondary N) is 2. The third-order valence-electron chi connectivity index (χ3n) is 6.07. The Hall–Kier alpha value is -3.87. The number of fused-ring (bicyclic) bond motifs is 2. The van der Waals surface area contributed by atoms with Crippen molar-refractivity contribution in [3.63, 3.8) is 0 Å². The highest BCUT2D eigenvalue weighted by Crippen LogP contribution is 2.39. The van der Waals surface area contributed by atoms with E-state index in [1.807, 2.05) is 6.92 Å². The fraction of sp³-hybridized carbons (Fsp3) is 0.348. The number of nitrogens with zero attached hydrogens (tertiary/aromatic N) is 3. The van der Waals surface area contributed by atoms with Crippen molar-refractivity contribution < 1.29 is 31.8 Å². The zero-order valence-electron chi connectivity index (χ0n) is 19.1. The van der Waals surface area contributed by atoms with Gasteiger partial charge in [0.05, 0.1) is 12.2 Å². The van der Waals surface area contributed by atoms with Crippen molar-refractivity contribution in [3.05, 3.63) is 35.9 Å². The first kappa shape index (κ1) is 23.9. The average molecular weight is 506 g/mol. The van der Waals surface area contributed by atoms with Crippen LogP contribution in [0.2, 0.25) is 0 Å². The van der Waals surface area contributed by atoms with E-state index in [1.165, 1.54) is 18.5 Å². The lowest BCUT2D eigenvalue weighted by atomic mass is 9.97. The van der Waals surface area contributed by atoms with Gasteiger partial charge in [-0.2, -0.15) is 13.2 Å². The van der Waals surface area contributed by atoms with Crippen molar-refractivity contribution in [1.82, 2.24) is 14.9 Å². The molecule has 2 aromatic heterocycles. The summed E-state index contributed by atoms with van der Waals surface area (Å²) < 4.78 is 63.2. The van der Waals surface area contributed by atoms with Gasteiger partial charge in [-0.25, -0.2) is 19.2 Å². The molecule has 4 heterocycles. The molecule has 1 saturated heterocycles. The second-order valence-corrected chi connectivity index (χ2v) is 8.66. The Bertz CT molecular complexity index is 1340. The number of ether oxygens (including phenoxy) is 2. The number of benzene rings is 1. The minimum atomic E-state index is -4.31. The molecule has 0 radical (unpaired) electrons. The van der Waals surface area contributed by atoms with Gasteiger partial charge in [0.25, 0.3) is 0 Å². The van der Waals surface area contributed by atoms with Gasteiger partial charge in [-0.05, 0) is 30.0 Å². The second-order valence-electron chi connectivity index (χ2n) is 8.66. The summed E-state index contributed by atoms with van der Waals surface area (Å²) in [6.07, 6.45) is -2.96. The number of hydrogen-bond donors (Lipinski definition) is 3. The molecule has 1 fully saturated rings. The van der Waals surface area contributed by atoms with Gasteiger partial charge in [-0.1, -0.05) is 0 Å². The smallest absolute Gasteiger partial charge is 0.413 e. The van der Waals surface area contributed by atoms with E-state index in [4.69, 9.17) is 15.2 Å². The first-order chi connectivity index (χ1) is 17.1. The first-order valence-electron chi connectivity index (χ1n) is 11.1. The predicted octanol–water partition coefficient (Wildman–Crippen LogP) is 3.93. The van der Waals surface area contributed by atoms with Crippen molar-refractivity contribution >= 4 is 34.1 Å². The Balaban J connectivity index is 1.35. The maximum atomic E-state index is 15.3. The van der Waals surface area contributed by atoms with Gasteiger partial charge in [0.1, 0.15) is 24.2 Å². The van der Waals surface area contributed by atoms with Crippen LogP contribution in [-0.2, 0) is 4.74 Å². The van der Waals surface area contributed by atoms with Crippen molar-refractivity contribution in [2.75, 3.05) is 49.2 Å². The Kier molecular flexibility index (Phi) is 5.94. The van der Waals surface area contributed by atoms with Gasteiger partial charge in [0.15, 0.2) is 5.82 Å². The quantitative estimate of drug-likeness (QED) is 0.360. The largest absolute Gasteiger partial charge is 0.474 e. The predicted molar refractivity (Wildman–Crippen MR) is 124 cm³/mol. The molecule has 5 rings (SSSR count). The summed E-state index contributed by atoms with van der Waals surface area (Å²) in [7, 11) is 0. The Labute approximate surface area is 202 Å². The highest BCUT2D eigenvalue weighted by molar-refractivity contribution is 5.99. The molecule has 0 saturated carbocycles. The lowest BCUT2D eigenvalue weighted by Gasteiger charge is -2.38. The minimum Gasteiger partial charge on any atom is -0.474 e. The number of likely N-dealkylation sites (tertiary alicyclic amines) is 1. The van der Waals surface area contributed by atoms with Crippen LogP contribution in [0.4, 0.5) is 39.5 Å². The maximum absolute atomic E-state index is 15.3. The first-order valence-corrected chi connectivity index (χ1v) is 11.1. The number of nitrogen functional groups attached to an aromatic ring is 1. The summed E-state index contributed by atoms with van der Waals surface area (Å²) in [5, 5.41) is 6.52. The minimum absolute atomic E-state index is 0.00862. The van der Waals surface area contributed by atoms with Crippen LogP contribution in [0.1, 0.15) is 5.56 Å². The third kappa shape index (κ3) is 4.65. The fourth-order valence-electron chi connectivity index (χ4n) is 4.32. The molecule has 0 bridgehead atoms. The van der Waals surface area contributed by atoms with Gasteiger partial charge in [0.2, 0.25) is 5.88 Å². The van der Waals surface area contributed by atoms with E-state index >= 15 is 4.39 Å². The lowest BCUT2D eigenvalue weighted by molar-refractivity contribution is -0.164. The van der Waals surface area contributed by atoms with Gasteiger partial charge >= 0.3 is 12.3 Å². The van der Waals surface area contributed by atoms with Gasteiger partial charge in [-0.15, -0.1) is 0 Å². The molecule has 1 amide bonds. The summed E-state index contributed by atoms with van der Waals surface area (Å²) in [4.78, 5) is 21.7. The topological polar surface area (TPSA) is 115 Å². The van der Waals surface area contributed by atoms with E-state index in [-0.39, 0.29) is 30.2 Å². The van der Waals surface area contributed by atoms with Crippen LogP contribution in [0.5, 0.6) is 5.88 Å². The fourth-order valence-corrected chi connectivity index (χ4v) is 4.32. The summed E-state index contributed by atoms with van der Waals surface area (Å²) in [6.45, 7) is 1.83. The van der Waals surface area contributed by atoms with Gasteiger partial charge in [0, 0.05) is 48.5 Å². The second kappa shape index (κ2) is 8.97. The number of pyridine rings is 2. The molecule has 2 aliphatic rings. The molecule has 0 unspecified atom stereocenters. The Morgan fingerprint density at radius 2 is 2.06 bits per heavy atom. The zero-order chi connectivity index (χ0) is 25.6. The number of carbonyl (C=O) groups excluding carboxylic acids is 1. The number of aromatic nitrogens is 2. The van der Waals surface area contributed by atoms with Crippen molar-refractivity contribution in [2.24, 2.45) is 0 Å². The van der Waals surface area contributed by atoms with E-state index in [2.05, 4.69) is 20.6 Å². The van der Waals surface area contributed by atoms with Crippen LogP contribution in [0, 0.1) is 12.7 Å². The van der Waals surface area contributed by atoms with Crippen LogP contribution in [0.3, 0.4) is 0 Å². The molecular formula is C23H22F4N6O3. The van der Waals surface area contributed by atoms with Crippen LogP contribution < -0.4 is 21.1 Å². The van der Waals surface area contributed by atoms with E-state index in [9.17, 15) is 18.0 Å². The molecule has 1 aromatic carbocycles. The lowest BCUT2D eigenvalue weighted by Crippen LogP contribution is -2.55. The summed E-state index contributed by atoms with van der Waals surface area (Å²) in [5.74, 6) is -0.0652. The highest BCUT2D eigenvalue weighted by atomic mass is 19.4. The normalized spacial score (nSPS) is 16.0. The molecule has 36 heavy (non-hydrogen) atoms. The van der Waals surface area contributed by atoms with Crippen LogP contribution in [-0.4, -0.2) is 66.0 Å². The number of nitrogens with two attached hydrogens (primary N) is 1. The average Bonchev–Trinajstić information content (AvgIpc) is 2.80. The van der Waals surface area contributed by atoms with E-state index < -0.39 is 30.7 Å².